The van der Waals surface area contributed by atoms with Crippen molar-refractivity contribution >= 4 is 41.4 Å². The first-order chi connectivity index (χ1) is 12.7. The Labute approximate surface area is 159 Å². The van der Waals surface area contributed by atoms with Gasteiger partial charge in [-0.1, -0.05) is 82.6 Å². The predicted molar refractivity (Wildman–Crippen MR) is 110 cm³/mol. The number of carbonyl (C=O) groups excluding carboxylic acids is 2. The van der Waals surface area contributed by atoms with Gasteiger partial charge in [-0.3, -0.25) is 0 Å². The van der Waals surface area contributed by atoms with Gasteiger partial charge in [0.05, 0.1) is 32.3 Å². The van der Waals surface area contributed by atoms with E-state index in [1.54, 1.807) is 6.92 Å². The highest BCUT2D eigenvalue weighted by atomic mass is 28.3. The smallest absolute Gasteiger partial charge is 0.417 e. The van der Waals surface area contributed by atoms with Crippen LogP contribution in [0.5, 0.6) is 0 Å². The highest BCUT2D eigenvalue weighted by molar-refractivity contribution is 6.73. The molecule has 0 aliphatic heterocycles. The van der Waals surface area contributed by atoms with Gasteiger partial charge in [0.25, 0.3) is 0 Å². The Morgan fingerprint density at radius 2 is 1.35 bits per heavy atom. The molecular weight excluding hydrogens is 360 g/mol. The van der Waals surface area contributed by atoms with Crippen LogP contribution in [-0.4, -0.2) is 44.2 Å². The van der Waals surface area contributed by atoms with E-state index in [1.165, 1.54) is 10.4 Å². The van der Waals surface area contributed by atoms with Gasteiger partial charge in [0.2, 0.25) is 0 Å². The van der Waals surface area contributed by atoms with E-state index in [-0.39, 0.29) is 32.3 Å². The molecule has 0 aliphatic carbocycles. The van der Waals surface area contributed by atoms with Crippen LogP contribution >= 0.6 is 0 Å². The molecule has 0 atom stereocenters. The Hall–Kier alpha value is -2.19. The van der Waals surface area contributed by atoms with Crippen LogP contribution in [-0.2, 0) is 19.1 Å². The van der Waals surface area contributed by atoms with Gasteiger partial charge in [-0.2, -0.15) is 0 Å². The largest absolute Gasteiger partial charge is 0.458 e. The van der Waals surface area contributed by atoms with Crippen LogP contribution in [0.2, 0.25) is 5.16 Å². The number of hydrogen-bond donors (Lipinski definition) is 0. The zero-order chi connectivity index (χ0) is 18.6. The number of esters is 2. The number of carbonyl (C=O) groups is 2. The lowest BCUT2D eigenvalue weighted by Gasteiger charge is -2.16. The maximum absolute atomic E-state index is 11.5. The third kappa shape index (κ3) is 7.37. The molecule has 0 radical (unpaired) electrons. The van der Waals surface area contributed by atoms with Gasteiger partial charge in [0, 0.05) is 0 Å². The second-order valence-electron chi connectivity index (χ2n) is 6.24. The fourth-order valence-electron chi connectivity index (χ4n) is 2.96. The fourth-order valence-corrected chi connectivity index (χ4v) is 8.94. The molecule has 138 valence electrons. The maximum atomic E-state index is 11.5. The van der Waals surface area contributed by atoms with E-state index < -0.39 is 11.9 Å². The molecule has 0 bridgehead atoms. The average Bonchev–Trinajstić information content (AvgIpc) is 2.66. The summed E-state index contributed by atoms with van der Waals surface area (Å²) >= 11 is 0. The van der Waals surface area contributed by atoms with Gasteiger partial charge >= 0.3 is 11.9 Å². The molecule has 0 unspecified atom stereocenters. The van der Waals surface area contributed by atoms with E-state index in [9.17, 15) is 9.59 Å². The van der Waals surface area contributed by atoms with Crippen molar-refractivity contribution < 1.29 is 19.1 Å². The van der Waals surface area contributed by atoms with Crippen LogP contribution < -0.4 is 10.4 Å². The Balaban J connectivity index is 1.85. The zero-order valence-electron chi connectivity index (χ0n) is 15.2. The summed E-state index contributed by atoms with van der Waals surface area (Å²) in [5.74, 6) is -1.79. The molecule has 2 rings (SSSR count). The third-order valence-corrected chi connectivity index (χ3v) is 9.76. The maximum Gasteiger partial charge on any atom is 0.417 e. The Kier molecular flexibility index (Phi) is 8.85. The fraction of sp³-hybridized carbons (Fsp3) is 0.300. The van der Waals surface area contributed by atoms with E-state index in [0.29, 0.717) is 0 Å². The van der Waals surface area contributed by atoms with E-state index in [1.807, 2.05) is 0 Å². The van der Waals surface area contributed by atoms with Crippen LogP contribution in [0.15, 0.2) is 60.7 Å². The molecule has 6 heteroatoms. The van der Waals surface area contributed by atoms with Gasteiger partial charge in [-0.05, 0) is 13.3 Å². The van der Waals surface area contributed by atoms with Gasteiger partial charge in [0.1, 0.15) is 0 Å². The van der Waals surface area contributed by atoms with Crippen molar-refractivity contribution in [3.8, 4) is 0 Å². The summed E-state index contributed by atoms with van der Waals surface area (Å²) in [6, 6.07) is 21.4. The molecule has 0 aliphatic rings. The summed E-state index contributed by atoms with van der Waals surface area (Å²) in [5.41, 5.74) is 0. The molecule has 0 amide bonds. The summed E-state index contributed by atoms with van der Waals surface area (Å²) in [7, 11) is -0.765. The Morgan fingerprint density at radius 1 is 0.846 bits per heavy atom. The summed E-state index contributed by atoms with van der Waals surface area (Å²) in [6.45, 7) is 2.13. The quantitative estimate of drug-likeness (QED) is 0.274. The van der Waals surface area contributed by atoms with Crippen molar-refractivity contribution in [3.63, 3.8) is 0 Å². The lowest BCUT2D eigenvalue weighted by atomic mass is 10.3. The third-order valence-electron chi connectivity index (χ3n) is 4.17. The van der Waals surface area contributed by atoms with Crippen LogP contribution in [0, 0.1) is 0 Å². The summed E-state index contributed by atoms with van der Waals surface area (Å²) < 4.78 is 9.66. The highest BCUT2D eigenvalue weighted by Crippen LogP contribution is 2.11. The van der Waals surface area contributed by atoms with Crippen molar-refractivity contribution in [1.82, 2.24) is 0 Å². The van der Waals surface area contributed by atoms with Gasteiger partial charge < -0.3 is 9.47 Å². The highest BCUT2D eigenvalue weighted by Gasteiger charge is 2.17. The van der Waals surface area contributed by atoms with Crippen molar-refractivity contribution in [2.24, 2.45) is 0 Å². The Bertz CT molecular complexity index is 635. The first kappa shape index (κ1) is 20.1. The summed E-state index contributed by atoms with van der Waals surface area (Å²) in [5, 5.41) is 3.68. The predicted octanol–water partition coefficient (Wildman–Crippen LogP) is 0.607. The molecule has 0 aromatic heterocycles. The normalized spacial score (nSPS) is 12.5. The molecule has 0 spiro atoms. The lowest BCUT2D eigenvalue weighted by Crippen LogP contribution is -2.29. The zero-order valence-corrected chi connectivity index (χ0v) is 18.1. The number of hydrogen-bond acceptors (Lipinski definition) is 4. The summed E-state index contributed by atoms with van der Waals surface area (Å²) in [6.07, 6.45) is 1.83. The minimum atomic E-state index is -0.902. The minimum absolute atomic E-state index is 0.182. The molecule has 0 saturated heterocycles. The number of rotatable bonds is 9. The number of ether oxygens (including phenoxy) is 2. The van der Waals surface area contributed by atoms with Crippen LogP contribution in [0.1, 0.15) is 19.8 Å². The topological polar surface area (TPSA) is 52.6 Å². The second kappa shape index (κ2) is 11.4. The summed E-state index contributed by atoms with van der Waals surface area (Å²) in [4.78, 5) is 22.8. The van der Waals surface area contributed by atoms with E-state index >= 15 is 0 Å². The lowest BCUT2D eigenvalue weighted by molar-refractivity contribution is -0.167. The molecular formula is C20H26O4Si2. The molecule has 26 heavy (non-hydrogen) atoms. The minimum Gasteiger partial charge on any atom is -0.458 e. The van der Waals surface area contributed by atoms with E-state index in [2.05, 4.69) is 65.4 Å². The molecule has 0 saturated carbocycles. The standard InChI is InChI=1S/C20H26O4Si2/c1-2-23-19(21)20(22)24-15-9-14-18(25-16-10-5-3-6-11-16)26-17-12-7-4-8-13-17/h3-8,10-13,18H,2,9,14-15,25-26H2,1H3. The van der Waals surface area contributed by atoms with Crippen LogP contribution in [0.25, 0.3) is 0 Å². The number of benzene rings is 2. The molecule has 2 aromatic rings. The van der Waals surface area contributed by atoms with Gasteiger partial charge in [-0.25, -0.2) is 9.59 Å². The average molecular weight is 387 g/mol. The molecule has 0 fully saturated rings. The van der Waals surface area contributed by atoms with Crippen LogP contribution in [0.3, 0.4) is 0 Å². The first-order valence-electron chi connectivity index (χ1n) is 9.10. The van der Waals surface area contributed by atoms with Crippen molar-refractivity contribution in [1.29, 1.82) is 0 Å². The first-order valence-corrected chi connectivity index (χ1v) is 12.2. The van der Waals surface area contributed by atoms with Crippen molar-refractivity contribution in [2.75, 3.05) is 13.2 Å². The van der Waals surface area contributed by atoms with Gasteiger partial charge in [-0.15, -0.1) is 0 Å². The van der Waals surface area contributed by atoms with Crippen molar-refractivity contribution in [2.45, 2.75) is 24.9 Å². The molecule has 2 aromatic carbocycles. The molecule has 0 heterocycles. The van der Waals surface area contributed by atoms with E-state index in [0.717, 1.165) is 18.0 Å². The SMILES string of the molecule is CCOC(=O)C(=O)OCCCC([SiH2]c1ccccc1)[SiH2]c1ccccc1. The van der Waals surface area contributed by atoms with Crippen molar-refractivity contribution in [3.05, 3.63) is 60.7 Å². The molecule has 0 N–H and O–H groups in total. The van der Waals surface area contributed by atoms with Gasteiger partial charge in [0.15, 0.2) is 0 Å². The van der Waals surface area contributed by atoms with E-state index in [4.69, 9.17) is 4.74 Å². The second-order valence-corrected chi connectivity index (χ2v) is 12.2. The molecule has 4 nitrogen and oxygen atoms in total. The van der Waals surface area contributed by atoms with Crippen LogP contribution in [0.4, 0.5) is 0 Å². The Morgan fingerprint density at radius 3 is 1.85 bits per heavy atom. The monoisotopic (exact) mass is 386 g/mol.